The summed E-state index contributed by atoms with van der Waals surface area (Å²) < 4.78 is 11.5. The maximum atomic E-state index is 5.95. The molecule has 0 amide bonds. The van der Waals surface area contributed by atoms with E-state index in [9.17, 15) is 0 Å². The summed E-state index contributed by atoms with van der Waals surface area (Å²) in [6, 6.07) is 10.6. The molecule has 1 fully saturated rings. The first-order valence-electron chi connectivity index (χ1n) is 6.45. The predicted octanol–water partition coefficient (Wildman–Crippen LogP) is 3.41. The van der Waals surface area contributed by atoms with Gasteiger partial charge in [-0.2, -0.15) is 0 Å². The molecule has 17 heavy (non-hydrogen) atoms. The van der Waals surface area contributed by atoms with Crippen molar-refractivity contribution in [2.24, 2.45) is 5.92 Å². The molecule has 0 saturated carbocycles. The number of benzene rings is 1. The fraction of sp³-hybridized carbons (Fsp3) is 0.600. The minimum absolute atomic E-state index is 0.0243. The molecule has 0 bridgehead atoms. The summed E-state index contributed by atoms with van der Waals surface area (Å²) in [6.07, 6.45) is 2.04. The minimum atomic E-state index is -0.0876. The number of hydrogen-bond donors (Lipinski definition) is 0. The Balaban J connectivity index is 2.01. The van der Waals surface area contributed by atoms with E-state index < -0.39 is 0 Å². The molecule has 1 aromatic rings. The highest BCUT2D eigenvalue weighted by atomic mass is 16.7. The monoisotopic (exact) mass is 234 g/mol. The van der Waals surface area contributed by atoms with Gasteiger partial charge in [0.2, 0.25) is 0 Å². The van der Waals surface area contributed by atoms with Crippen LogP contribution < -0.4 is 0 Å². The lowest BCUT2D eigenvalue weighted by molar-refractivity contribution is -0.158. The number of hydrogen-bond acceptors (Lipinski definition) is 2. The normalized spacial score (nSPS) is 27.2. The molecule has 2 nitrogen and oxygen atoms in total. The molecule has 1 aliphatic rings. The van der Waals surface area contributed by atoms with Gasteiger partial charge in [0.05, 0.1) is 5.60 Å². The van der Waals surface area contributed by atoms with Gasteiger partial charge in [0.1, 0.15) is 0 Å². The third kappa shape index (κ3) is 3.08. The van der Waals surface area contributed by atoms with Crippen LogP contribution in [-0.2, 0) is 15.9 Å². The van der Waals surface area contributed by atoms with E-state index >= 15 is 0 Å². The van der Waals surface area contributed by atoms with E-state index in [-0.39, 0.29) is 11.9 Å². The SMILES string of the molecule is CCOC1CC(Cc2ccccc2)C(C)(C)O1. The Morgan fingerprint density at radius 2 is 2.00 bits per heavy atom. The van der Waals surface area contributed by atoms with Crippen molar-refractivity contribution in [3.05, 3.63) is 35.9 Å². The van der Waals surface area contributed by atoms with Crippen molar-refractivity contribution in [3.8, 4) is 0 Å². The van der Waals surface area contributed by atoms with Crippen LogP contribution in [0.3, 0.4) is 0 Å². The highest BCUT2D eigenvalue weighted by Gasteiger charge is 2.41. The number of ether oxygens (including phenoxy) is 2. The third-order valence-corrected chi connectivity index (χ3v) is 3.57. The molecule has 2 heteroatoms. The van der Waals surface area contributed by atoms with Gasteiger partial charge in [0.15, 0.2) is 6.29 Å². The van der Waals surface area contributed by atoms with Crippen LogP contribution in [0.5, 0.6) is 0 Å². The van der Waals surface area contributed by atoms with Crippen LogP contribution in [0.4, 0.5) is 0 Å². The lowest BCUT2D eigenvalue weighted by atomic mass is 9.85. The average Bonchev–Trinajstić information content (AvgIpc) is 2.55. The quantitative estimate of drug-likeness (QED) is 0.795. The summed E-state index contributed by atoms with van der Waals surface area (Å²) in [5, 5.41) is 0. The molecule has 1 aromatic carbocycles. The van der Waals surface area contributed by atoms with E-state index in [1.165, 1.54) is 5.56 Å². The zero-order valence-corrected chi connectivity index (χ0v) is 11.0. The molecular formula is C15H22O2. The van der Waals surface area contributed by atoms with Crippen LogP contribution in [0.2, 0.25) is 0 Å². The first kappa shape index (κ1) is 12.6. The Bertz CT molecular complexity index is 345. The summed E-state index contributed by atoms with van der Waals surface area (Å²) in [4.78, 5) is 0. The van der Waals surface area contributed by atoms with Gasteiger partial charge in [0, 0.05) is 13.0 Å². The van der Waals surface area contributed by atoms with E-state index in [0.717, 1.165) is 19.4 Å². The molecule has 2 unspecified atom stereocenters. The topological polar surface area (TPSA) is 18.5 Å². The van der Waals surface area contributed by atoms with Crippen molar-refractivity contribution >= 4 is 0 Å². The van der Waals surface area contributed by atoms with E-state index in [4.69, 9.17) is 9.47 Å². The molecule has 0 aliphatic carbocycles. The average molecular weight is 234 g/mol. The molecule has 1 saturated heterocycles. The summed E-state index contributed by atoms with van der Waals surface area (Å²) in [5.74, 6) is 0.529. The fourth-order valence-corrected chi connectivity index (χ4v) is 2.51. The number of rotatable bonds is 4. The van der Waals surface area contributed by atoms with E-state index in [1.54, 1.807) is 0 Å². The molecule has 0 aromatic heterocycles. The standard InChI is InChI=1S/C15H22O2/c1-4-16-14-11-13(15(2,3)17-14)10-12-8-6-5-7-9-12/h5-9,13-14H,4,10-11H2,1-3H3. The maximum Gasteiger partial charge on any atom is 0.158 e. The van der Waals surface area contributed by atoms with Crippen molar-refractivity contribution in [1.29, 1.82) is 0 Å². The van der Waals surface area contributed by atoms with Crippen LogP contribution in [0.1, 0.15) is 32.8 Å². The Labute approximate surface area is 104 Å². The summed E-state index contributed by atoms with van der Waals surface area (Å²) >= 11 is 0. The van der Waals surface area contributed by atoms with Gasteiger partial charge in [0.25, 0.3) is 0 Å². The third-order valence-electron chi connectivity index (χ3n) is 3.57. The molecule has 2 rings (SSSR count). The van der Waals surface area contributed by atoms with E-state index in [1.807, 2.05) is 6.92 Å². The van der Waals surface area contributed by atoms with Crippen molar-refractivity contribution < 1.29 is 9.47 Å². The molecule has 0 N–H and O–H groups in total. The second-order valence-corrected chi connectivity index (χ2v) is 5.23. The fourth-order valence-electron chi connectivity index (χ4n) is 2.51. The van der Waals surface area contributed by atoms with E-state index in [0.29, 0.717) is 5.92 Å². The largest absolute Gasteiger partial charge is 0.353 e. The molecular weight excluding hydrogens is 212 g/mol. The van der Waals surface area contributed by atoms with Crippen molar-refractivity contribution in [2.75, 3.05) is 6.61 Å². The Kier molecular flexibility index (Phi) is 3.85. The van der Waals surface area contributed by atoms with Crippen LogP contribution in [0, 0.1) is 5.92 Å². The summed E-state index contributed by atoms with van der Waals surface area (Å²) in [6.45, 7) is 7.07. The lowest BCUT2D eigenvalue weighted by Crippen LogP contribution is -2.29. The first-order chi connectivity index (χ1) is 8.12. The molecule has 0 radical (unpaired) electrons. The lowest BCUT2D eigenvalue weighted by Gasteiger charge is -2.25. The summed E-state index contributed by atoms with van der Waals surface area (Å²) in [7, 11) is 0. The van der Waals surface area contributed by atoms with Crippen LogP contribution in [-0.4, -0.2) is 18.5 Å². The smallest absolute Gasteiger partial charge is 0.158 e. The van der Waals surface area contributed by atoms with Crippen molar-refractivity contribution in [2.45, 2.75) is 45.5 Å². The van der Waals surface area contributed by atoms with Gasteiger partial charge < -0.3 is 9.47 Å². The van der Waals surface area contributed by atoms with Gasteiger partial charge >= 0.3 is 0 Å². The van der Waals surface area contributed by atoms with Crippen LogP contribution in [0.25, 0.3) is 0 Å². The molecule has 1 heterocycles. The Morgan fingerprint density at radius 1 is 1.29 bits per heavy atom. The zero-order valence-electron chi connectivity index (χ0n) is 11.0. The second kappa shape index (κ2) is 5.19. The van der Waals surface area contributed by atoms with Gasteiger partial charge in [-0.15, -0.1) is 0 Å². The van der Waals surface area contributed by atoms with Crippen LogP contribution >= 0.6 is 0 Å². The van der Waals surface area contributed by atoms with Crippen molar-refractivity contribution in [3.63, 3.8) is 0 Å². The minimum Gasteiger partial charge on any atom is -0.353 e. The van der Waals surface area contributed by atoms with Crippen LogP contribution in [0.15, 0.2) is 30.3 Å². The highest BCUT2D eigenvalue weighted by molar-refractivity contribution is 5.16. The molecule has 2 atom stereocenters. The molecule has 94 valence electrons. The van der Waals surface area contributed by atoms with Gasteiger partial charge in [-0.25, -0.2) is 0 Å². The Hall–Kier alpha value is -0.860. The van der Waals surface area contributed by atoms with E-state index in [2.05, 4.69) is 44.2 Å². The van der Waals surface area contributed by atoms with Crippen molar-refractivity contribution in [1.82, 2.24) is 0 Å². The molecule has 1 aliphatic heterocycles. The molecule has 0 spiro atoms. The second-order valence-electron chi connectivity index (χ2n) is 5.23. The predicted molar refractivity (Wildman–Crippen MR) is 68.8 cm³/mol. The van der Waals surface area contributed by atoms with Gasteiger partial charge in [-0.1, -0.05) is 30.3 Å². The zero-order chi connectivity index (χ0) is 12.3. The highest BCUT2D eigenvalue weighted by Crippen LogP contribution is 2.38. The Morgan fingerprint density at radius 3 is 2.65 bits per heavy atom. The maximum absolute atomic E-state index is 5.95. The van der Waals surface area contributed by atoms with Gasteiger partial charge in [-0.05, 0) is 38.7 Å². The summed E-state index contributed by atoms with van der Waals surface area (Å²) in [5.41, 5.74) is 1.29. The first-order valence-corrected chi connectivity index (χ1v) is 6.45. The van der Waals surface area contributed by atoms with Gasteiger partial charge in [-0.3, -0.25) is 0 Å².